The lowest BCUT2D eigenvalue weighted by molar-refractivity contribution is 0.400. The van der Waals surface area contributed by atoms with Crippen LogP contribution in [-0.4, -0.2) is 35.5 Å². The van der Waals surface area contributed by atoms with E-state index in [-0.39, 0.29) is 0 Å². The molecule has 0 amide bonds. The summed E-state index contributed by atoms with van der Waals surface area (Å²) in [6.07, 6.45) is 8.55. The maximum Gasteiger partial charge on any atom is 0.0460 e. The van der Waals surface area contributed by atoms with Crippen LogP contribution in [0.5, 0.6) is 0 Å². The highest BCUT2D eigenvalue weighted by Gasteiger charge is 2.15. The number of hydrogen-bond donors (Lipinski definition) is 2. The highest BCUT2D eigenvalue weighted by Crippen LogP contribution is 2.39. The molecule has 2 aromatic carbocycles. The van der Waals surface area contributed by atoms with E-state index in [9.17, 15) is 0 Å². The molecule has 0 spiro atoms. The van der Waals surface area contributed by atoms with Gasteiger partial charge in [0.2, 0.25) is 0 Å². The summed E-state index contributed by atoms with van der Waals surface area (Å²) in [6.45, 7) is 1.11. The van der Waals surface area contributed by atoms with Gasteiger partial charge in [0.15, 0.2) is 0 Å². The van der Waals surface area contributed by atoms with Crippen LogP contribution in [0, 0.1) is 0 Å². The predicted molar refractivity (Wildman–Crippen MR) is 118 cm³/mol. The molecule has 3 nitrogen and oxygen atoms in total. The van der Waals surface area contributed by atoms with Crippen molar-refractivity contribution in [2.75, 3.05) is 20.6 Å². The smallest absolute Gasteiger partial charge is 0.0460 e. The van der Waals surface area contributed by atoms with Gasteiger partial charge < -0.3 is 14.9 Å². The van der Waals surface area contributed by atoms with Crippen LogP contribution < -0.4 is 0 Å². The molecule has 0 fully saturated rings. The van der Waals surface area contributed by atoms with Gasteiger partial charge in [-0.15, -0.1) is 0 Å². The minimum atomic E-state index is 1.09. The summed E-state index contributed by atoms with van der Waals surface area (Å²) in [5.41, 5.74) is 7.45. The van der Waals surface area contributed by atoms with E-state index in [1.54, 1.807) is 0 Å². The summed E-state index contributed by atoms with van der Waals surface area (Å²) in [7, 11) is 4.25. The lowest BCUT2D eigenvalue weighted by Crippen LogP contribution is -2.13. The Morgan fingerprint density at radius 1 is 0.889 bits per heavy atom. The average molecular weight is 422 g/mol. The van der Waals surface area contributed by atoms with E-state index in [1.807, 2.05) is 0 Å². The number of aromatic amines is 2. The van der Waals surface area contributed by atoms with Gasteiger partial charge in [-0.2, -0.15) is 0 Å². The minimum Gasteiger partial charge on any atom is -0.366 e. The predicted octanol–water partition coefficient (Wildman–Crippen LogP) is 6.09. The fourth-order valence-electron chi connectivity index (χ4n) is 3.64. The Balaban J connectivity index is 1.72. The van der Waals surface area contributed by atoms with Crippen molar-refractivity contribution in [3.8, 4) is 22.3 Å². The SMILES string of the molecule is CN(C)CCCc1ccc(Br)c(-c2c[nH]cc2-c2c[nH]c3ccccc23)c1. The van der Waals surface area contributed by atoms with Gasteiger partial charge in [-0.3, -0.25) is 0 Å². The van der Waals surface area contributed by atoms with E-state index in [4.69, 9.17) is 0 Å². The maximum absolute atomic E-state index is 3.76. The van der Waals surface area contributed by atoms with Crippen LogP contribution in [-0.2, 0) is 6.42 Å². The molecule has 0 atom stereocenters. The zero-order chi connectivity index (χ0) is 18.8. The van der Waals surface area contributed by atoms with Gasteiger partial charge in [-0.1, -0.05) is 40.2 Å². The average Bonchev–Trinajstić information content (AvgIpc) is 3.29. The number of nitrogens with zero attached hydrogens (tertiary/aromatic N) is 1. The number of aromatic nitrogens is 2. The molecule has 0 bridgehead atoms. The van der Waals surface area contributed by atoms with Crippen molar-refractivity contribution in [2.24, 2.45) is 0 Å². The molecule has 0 saturated heterocycles. The second-order valence-corrected chi connectivity index (χ2v) is 8.11. The number of nitrogens with one attached hydrogen (secondary N) is 2. The van der Waals surface area contributed by atoms with Crippen LogP contribution in [0.2, 0.25) is 0 Å². The van der Waals surface area contributed by atoms with Crippen molar-refractivity contribution in [1.29, 1.82) is 0 Å². The normalized spacial score (nSPS) is 11.6. The third-order valence-corrected chi connectivity index (χ3v) is 5.71. The van der Waals surface area contributed by atoms with Crippen molar-refractivity contribution in [2.45, 2.75) is 12.8 Å². The molecule has 0 radical (unpaired) electrons. The molecule has 27 heavy (non-hydrogen) atoms. The van der Waals surface area contributed by atoms with Crippen LogP contribution >= 0.6 is 15.9 Å². The van der Waals surface area contributed by atoms with Crippen LogP contribution in [0.3, 0.4) is 0 Å². The van der Waals surface area contributed by atoms with Crippen LogP contribution in [0.15, 0.2) is 65.5 Å². The van der Waals surface area contributed by atoms with Crippen LogP contribution in [0.4, 0.5) is 0 Å². The molecule has 4 aromatic rings. The number of benzene rings is 2. The molecule has 2 heterocycles. The minimum absolute atomic E-state index is 1.09. The van der Waals surface area contributed by atoms with Gasteiger partial charge in [0.25, 0.3) is 0 Å². The Hall–Kier alpha value is -2.30. The van der Waals surface area contributed by atoms with Crippen molar-refractivity contribution in [1.82, 2.24) is 14.9 Å². The first-order chi connectivity index (χ1) is 13.1. The number of fused-ring (bicyclic) bond motifs is 1. The summed E-state index contributed by atoms with van der Waals surface area (Å²) in [5.74, 6) is 0. The molecule has 0 unspecified atom stereocenters. The molecule has 0 aliphatic heterocycles. The molecule has 0 aliphatic rings. The Morgan fingerprint density at radius 3 is 2.48 bits per heavy atom. The molecular weight excluding hydrogens is 398 g/mol. The fraction of sp³-hybridized carbons (Fsp3) is 0.217. The zero-order valence-electron chi connectivity index (χ0n) is 15.7. The standard InChI is InChI=1S/C23H24BrN3/c1-27(2)11-5-6-16-9-10-22(24)18(12-16)19-13-25-14-20(19)21-15-26-23-8-4-3-7-17(21)23/h3-4,7-10,12-15,25-26H,5-6,11H2,1-2H3. The van der Waals surface area contributed by atoms with Crippen LogP contribution in [0.1, 0.15) is 12.0 Å². The highest BCUT2D eigenvalue weighted by molar-refractivity contribution is 9.10. The van der Waals surface area contributed by atoms with Crippen molar-refractivity contribution in [3.05, 3.63) is 71.1 Å². The molecule has 2 N–H and O–H groups in total. The Bertz CT molecular complexity index is 1060. The fourth-order valence-corrected chi connectivity index (χ4v) is 4.10. The molecule has 0 saturated carbocycles. The third kappa shape index (κ3) is 3.73. The van der Waals surface area contributed by atoms with Gasteiger partial charge in [0, 0.05) is 50.7 Å². The zero-order valence-corrected chi connectivity index (χ0v) is 17.3. The summed E-state index contributed by atoms with van der Waals surface area (Å²) in [5, 5.41) is 1.25. The first-order valence-corrected chi connectivity index (χ1v) is 10.1. The maximum atomic E-state index is 3.76. The summed E-state index contributed by atoms with van der Waals surface area (Å²) in [6, 6.07) is 15.2. The number of rotatable bonds is 6. The molecule has 2 aromatic heterocycles. The summed E-state index contributed by atoms with van der Waals surface area (Å²) < 4.78 is 1.12. The van der Waals surface area contributed by atoms with E-state index in [1.165, 1.54) is 33.2 Å². The molecule has 0 aliphatic carbocycles. The van der Waals surface area contributed by atoms with E-state index < -0.39 is 0 Å². The Labute approximate surface area is 168 Å². The van der Waals surface area contributed by atoms with Crippen molar-refractivity contribution >= 4 is 26.8 Å². The quantitative estimate of drug-likeness (QED) is 0.388. The van der Waals surface area contributed by atoms with Gasteiger partial charge in [0.05, 0.1) is 0 Å². The van der Waals surface area contributed by atoms with Gasteiger partial charge >= 0.3 is 0 Å². The van der Waals surface area contributed by atoms with Gasteiger partial charge in [0.1, 0.15) is 0 Å². The molecule has 4 heteroatoms. The monoisotopic (exact) mass is 421 g/mol. The van der Waals surface area contributed by atoms with Gasteiger partial charge in [-0.25, -0.2) is 0 Å². The van der Waals surface area contributed by atoms with Crippen molar-refractivity contribution in [3.63, 3.8) is 0 Å². The number of para-hydroxylation sites is 1. The summed E-state index contributed by atoms with van der Waals surface area (Å²) in [4.78, 5) is 8.94. The number of halogens is 1. The Morgan fingerprint density at radius 2 is 1.67 bits per heavy atom. The van der Waals surface area contributed by atoms with E-state index in [2.05, 4.69) is 106 Å². The molecule has 4 rings (SSSR count). The van der Waals surface area contributed by atoms with E-state index >= 15 is 0 Å². The second kappa shape index (κ2) is 7.75. The number of hydrogen-bond acceptors (Lipinski definition) is 1. The topological polar surface area (TPSA) is 34.8 Å². The first kappa shape index (κ1) is 18.1. The van der Waals surface area contributed by atoms with E-state index in [0.717, 1.165) is 29.4 Å². The van der Waals surface area contributed by atoms with Crippen LogP contribution in [0.25, 0.3) is 33.2 Å². The van der Waals surface area contributed by atoms with Gasteiger partial charge in [-0.05, 0) is 62.8 Å². The summed E-state index contributed by atoms with van der Waals surface area (Å²) >= 11 is 3.76. The van der Waals surface area contributed by atoms with E-state index in [0.29, 0.717) is 0 Å². The molecule has 138 valence electrons. The Kier molecular flexibility index (Phi) is 5.19. The number of aryl methyl sites for hydroxylation is 1. The lowest BCUT2D eigenvalue weighted by atomic mass is 9.96. The third-order valence-electron chi connectivity index (χ3n) is 5.02. The van der Waals surface area contributed by atoms with Crippen molar-refractivity contribution < 1.29 is 0 Å². The lowest BCUT2D eigenvalue weighted by Gasteiger charge is -2.11. The number of H-pyrrole nitrogens is 2. The second-order valence-electron chi connectivity index (χ2n) is 7.25. The molecular formula is C23H24BrN3. The first-order valence-electron chi connectivity index (χ1n) is 9.30. The largest absolute Gasteiger partial charge is 0.366 e. The highest BCUT2D eigenvalue weighted by atomic mass is 79.9.